The van der Waals surface area contributed by atoms with Crippen LogP contribution in [-0.4, -0.2) is 22.6 Å². The summed E-state index contributed by atoms with van der Waals surface area (Å²) in [7, 11) is 0. The molecule has 0 aromatic heterocycles. The molecule has 2 N–H and O–H groups in total. The molecule has 0 fully saturated rings. The molecule has 0 saturated heterocycles. The lowest BCUT2D eigenvalue weighted by molar-refractivity contribution is -0.112. The van der Waals surface area contributed by atoms with Gasteiger partial charge in [0.2, 0.25) is 0 Å². The zero-order valence-electron chi connectivity index (χ0n) is 7.55. The Morgan fingerprint density at radius 1 is 1.23 bits per heavy atom. The third-order valence-electron chi connectivity index (χ3n) is 1.77. The summed E-state index contributed by atoms with van der Waals surface area (Å²) in [6.07, 6.45) is -1.42. The summed E-state index contributed by atoms with van der Waals surface area (Å²) < 4.78 is 5.33. The first-order valence-corrected chi connectivity index (χ1v) is 4.32. The lowest BCUT2D eigenvalue weighted by Gasteiger charge is -2.18. The highest BCUT2D eigenvalue weighted by atomic mass is 16.6. The van der Waals surface area contributed by atoms with Gasteiger partial charge in [-0.15, -0.1) is 0 Å². The van der Waals surface area contributed by atoms with E-state index < -0.39 is 12.4 Å². The average molecular weight is 182 g/mol. The number of rotatable bonds is 4. The summed E-state index contributed by atoms with van der Waals surface area (Å²) in [4.78, 5) is 0. The molecular weight excluding hydrogens is 168 g/mol. The van der Waals surface area contributed by atoms with E-state index in [1.165, 1.54) is 0 Å². The Balaban J connectivity index is 2.57. The Morgan fingerprint density at radius 2 is 1.85 bits per heavy atom. The first-order chi connectivity index (χ1) is 6.24. The zero-order valence-corrected chi connectivity index (χ0v) is 7.55. The Kier molecular flexibility index (Phi) is 3.73. The van der Waals surface area contributed by atoms with Gasteiger partial charge < -0.3 is 14.9 Å². The van der Waals surface area contributed by atoms with E-state index in [1.807, 2.05) is 25.1 Å². The topological polar surface area (TPSA) is 49.7 Å². The van der Waals surface area contributed by atoms with Crippen LogP contribution >= 0.6 is 0 Å². The number of aliphatic hydroxyl groups excluding tert-OH is 1. The van der Waals surface area contributed by atoms with E-state index in [-0.39, 0.29) is 0 Å². The zero-order chi connectivity index (χ0) is 9.68. The van der Waals surface area contributed by atoms with Crippen molar-refractivity contribution in [2.75, 3.05) is 0 Å². The number of hydrogen-bond acceptors (Lipinski definition) is 3. The van der Waals surface area contributed by atoms with Crippen LogP contribution in [0, 0.1) is 0 Å². The summed E-state index contributed by atoms with van der Waals surface area (Å²) in [5, 5.41) is 17.8. The van der Waals surface area contributed by atoms with Crippen molar-refractivity contribution in [3.05, 3.63) is 30.3 Å². The van der Waals surface area contributed by atoms with Crippen molar-refractivity contribution < 1.29 is 14.9 Å². The highest BCUT2D eigenvalue weighted by molar-refractivity contribution is 5.21. The number of benzene rings is 1. The minimum atomic E-state index is -1.43. The first kappa shape index (κ1) is 10.0. The van der Waals surface area contributed by atoms with Gasteiger partial charge in [-0.1, -0.05) is 25.1 Å². The van der Waals surface area contributed by atoms with Crippen molar-refractivity contribution in [3.63, 3.8) is 0 Å². The minimum Gasteiger partial charge on any atom is -0.485 e. The predicted octanol–water partition coefficient (Wildman–Crippen LogP) is 1.15. The third-order valence-corrected chi connectivity index (χ3v) is 1.77. The van der Waals surface area contributed by atoms with Crippen LogP contribution < -0.4 is 4.74 Å². The summed E-state index contributed by atoms with van der Waals surface area (Å²) in [5.74, 6) is 0.655. The van der Waals surface area contributed by atoms with Crippen LogP contribution in [0.4, 0.5) is 0 Å². The maximum absolute atomic E-state index is 8.90. The summed E-state index contributed by atoms with van der Waals surface area (Å²) in [6.45, 7) is 1.84. The summed E-state index contributed by atoms with van der Waals surface area (Å²) in [5.41, 5.74) is 0. The number of hydrogen-bond donors (Lipinski definition) is 2. The molecule has 1 aromatic carbocycles. The third kappa shape index (κ3) is 3.05. The van der Waals surface area contributed by atoms with Gasteiger partial charge in [-0.25, -0.2) is 0 Å². The molecule has 72 valence electrons. The fourth-order valence-electron chi connectivity index (χ4n) is 1.03. The molecule has 0 heterocycles. The standard InChI is InChI=1S/C10H14O3/c1-2-9(10(11)12)13-8-6-4-3-5-7-8/h3-7,9-12H,2H2,1H3. The summed E-state index contributed by atoms with van der Waals surface area (Å²) >= 11 is 0. The molecule has 13 heavy (non-hydrogen) atoms. The molecule has 0 aliphatic carbocycles. The Hall–Kier alpha value is -1.06. The van der Waals surface area contributed by atoms with Gasteiger partial charge in [0.15, 0.2) is 6.29 Å². The van der Waals surface area contributed by atoms with E-state index in [9.17, 15) is 0 Å². The van der Waals surface area contributed by atoms with Crippen molar-refractivity contribution in [1.82, 2.24) is 0 Å². The Bertz CT molecular complexity index is 233. The fraction of sp³-hybridized carbons (Fsp3) is 0.400. The molecule has 1 rings (SSSR count). The molecule has 0 bridgehead atoms. The molecule has 0 radical (unpaired) electrons. The number of ether oxygens (including phenoxy) is 1. The molecule has 1 aromatic rings. The van der Waals surface area contributed by atoms with E-state index in [1.54, 1.807) is 12.1 Å². The predicted molar refractivity (Wildman–Crippen MR) is 49.4 cm³/mol. The van der Waals surface area contributed by atoms with Crippen LogP contribution in [0.1, 0.15) is 13.3 Å². The lowest BCUT2D eigenvalue weighted by atomic mass is 10.2. The molecule has 3 nitrogen and oxygen atoms in total. The molecule has 1 unspecified atom stereocenters. The van der Waals surface area contributed by atoms with Crippen molar-refractivity contribution in [2.45, 2.75) is 25.7 Å². The van der Waals surface area contributed by atoms with E-state index in [0.717, 1.165) is 0 Å². The second-order valence-corrected chi connectivity index (χ2v) is 2.79. The maximum atomic E-state index is 8.90. The molecule has 0 saturated carbocycles. The van der Waals surface area contributed by atoms with Crippen molar-refractivity contribution >= 4 is 0 Å². The van der Waals surface area contributed by atoms with Gasteiger partial charge in [0.05, 0.1) is 0 Å². The maximum Gasteiger partial charge on any atom is 0.189 e. The van der Waals surface area contributed by atoms with Crippen molar-refractivity contribution in [1.29, 1.82) is 0 Å². The minimum absolute atomic E-state index is 0.553. The second kappa shape index (κ2) is 4.84. The van der Waals surface area contributed by atoms with Gasteiger partial charge in [-0.3, -0.25) is 0 Å². The van der Waals surface area contributed by atoms with Gasteiger partial charge >= 0.3 is 0 Å². The van der Waals surface area contributed by atoms with E-state index in [0.29, 0.717) is 12.2 Å². The van der Waals surface area contributed by atoms with Crippen LogP contribution in [0.25, 0.3) is 0 Å². The van der Waals surface area contributed by atoms with Crippen LogP contribution in [0.3, 0.4) is 0 Å². The van der Waals surface area contributed by atoms with E-state index >= 15 is 0 Å². The van der Waals surface area contributed by atoms with Gasteiger partial charge in [0.25, 0.3) is 0 Å². The van der Waals surface area contributed by atoms with Gasteiger partial charge in [-0.2, -0.15) is 0 Å². The highest BCUT2D eigenvalue weighted by Crippen LogP contribution is 2.13. The van der Waals surface area contributed by atoms with Crippen molar-refractivity contribution in [3.8, 4) is 5.75 Å². The van der Waals surface area contributed by atoms with E-state index in [2.05, 4.69) is 0 Å². The Morgan fingerprint density at radius 3 is 2.31 bits per heavy atom. The lowest BCUT2D eigenvalue weighted by Crippen LogP contribution is -2.30. The normalized spacial score (nSPS) is 12.9. The largest absolute Gasteiger partial charge is 0.485 e. The van der Waals surface area contributed by atoms with Crippen LogP contribution in [0.5, 0.6) is 5.75 Å². The quantitative estimate of drug-likeness (QED) is 0.687. The summed E-state index contributed by atoms with van der Waals surface area (Å²) in [6, 6.07) is 9.12. The first-order valence-electron chi connectivity index (χ1n) is 4.32. The number of para-hydroxylation sites is 1. The van der Waals surface area contributed by atoms with Crippen molar-refractivity contribution in [2.24, 2.45) is 0 Å². The molecule has 3 heteroatoms. The molecule has 0 aliphatic rings. The SMILES string of the molecule is CCC(Oc1ccccc1)C(O)O. The molecule has 1 atom stereocenters. The van der Waals surface area contributed by atoms with Gasteiger partial charge in [-0.05, 0) is 18.6 Å². The number of aliphatic hydroxyl groups is 2. The molecule has 0 aliphatic heterocycles. The molecule has 0 amide bonds. The fourth-order valence-corrected chi connectivity index (χ4v) is 1.03. The van der Waals surface area contributed by atoms with Crippen LogP contribution in [-0.2, 0) is 0 Å². The van der Waals surface area contributed by atoms with Crippen LogP contribution in [0.2, 0.25) is 0 Å². The second-order valence-electron chi connectivity index (χ2n) is 2.79. The van der Waals surface area contributed by atoms with E-state index in [4.69, 9.17) is 14.9 Å². The molecular formula is C10H14O3. The van der Waals surface area contributed by atoms with Crippen LogP contribution in [0.15, 0.2) is 30.3 Å². The smallest absolute Gasteiger partial charge is 0.189 e. The highest BCUT2D eigenvalue weighted by Gasteiger charge is 2.15. The van der Waals surface area contributed by atoms with Gasteiger partial charge in [0.1, 0.15) is 11.9 Å². The van der Waals surface area contributed by atoms with Gasteiger partial charge in [0, 0.05) is 0 Å². The molecule has 0 spiro atoms. The Labute approximate surface area is 77.6 Å². The average Bonchev–Trinajstić information content (AvgIpc) is 2.15. The monoisotopic (exact) mass is 182 g/mol.